The molecule has 3 heteroatoms. The second-order valence-electron chi connectivity index (χ2n) is 2.69. The van der Waals surface area contributed by atoms with E-state index in [-0.39, 0.29) is 5.72 Å². The minimum absolute atomic E-state index is 0.0741. The zero-order valence-electron chi connectivity index (χ0n) is 5.64. The van der Waals surface area contributed by atoms with Gasteiger partial charge in [-0.15, -0.1) is 5.06 Å². The van der Waals surface area contributed by atoms with Gasteiger partial charge >= 0.3 is 0 Å². The Bertz CT molecular complexity index is 178. The largest absolute Gasteiger partial charge is 0.374 e. The van der Waals surface area contributed by atoms with Crippen LogP contribution in [0.25, 0.3) is 0 Å². The zero-order chi connectivity index (χ0) is 6.48. The lowest BCUT2D eigenvalue weighted by molar-refractivity contribution is 0.192. The average molecular weight is 126 g/mol. The first-order chi connectivity index (χ1) is 4.21. The first-order valence-electron chi connectivity index (χ1n) is 3.11. The van der Waals surface area contributed by atoms with Crippen molar-refractivity contribution < 1.29 is 4.84 Å². The van der Waals surface area contributed by atoms with Crippen LogP contribution >= 0.6 is 0 Å². The van der Waals surface area contributed by atoms with Gasteiger partial charge in [0.2, 0.25) is 0 Å². The van der Waals surface area contributed by atoms with E-state index in [2.05, 4.69) is 18.3 Å². The first-order valence-corrected chi connectivity index (χ1v) is 3.11. The van der Waals surface area contributed by atoms with Crippen molar-refractivity contribution in [3.63, 3.8) is 0 Å². The molecule has 1 saturated heterocycles. The molecule has 0 radical (unpaired) electrons. The summed E-state index contributed by atoms with van der Waals surface area (Å²) in [5, 5.41) is 5.06. The Morgan fingerprint density at radius 2 is 2.67 bits per heavy atom. The van der Waals surface area contributed by atoms with Crippen LogP contribution in [0.5, 0.6) is 0 Å². The number of hydrogen-bond acceptors (Lipinski definition) is 3. The molecule has 0 aromatic heterocycles. The Balaban J connectivity index is 2.25. The van der Waals surface area contributed by atoms with Crippen LogP contribution in [0.2, 0.25) is 0 Å². The summed E-state index contributed by atoms with van der Waals surface area (Å²) in [5.41, 5.74) is 1.13. The zero-order valence-corrected chi connectivity index (χ0v) is 5.64. The molecular formula is C6H10N2O. The second-order valence-corrected chi connectivity index (χ2v) is 2.69. The predicted molar refractivity (Wildman–Crippen MR) is 33.1 cm³/mol. The van der Waals surface area contributed by atoms with Crippen LogP contribution in [-0.4, -0.2) is 17.5 Å². The summed E-state index contributed by atoms with van der Waals surface area (Å²) in [7, 11) is 0. The summed E-state index contributed by atoms with van der Waals surface area (Å²) in [4.78, 5) is 5.23. The van der Waals surface area contributed by atoms with Crippen LogP contribution in [0.1, 0.15) is 13.8 Å². The van der Waals surface area contributed by atoms with Crippen molar-refractivity contribution in [2.75, 3.05) is 6.67 Å². The van der Waals surface area contributed by atoms with E-state index in [0.29, 0.717) is 0 Å². The molecule has 9 heavy (non-hydrogen) atoms. The van der Waals surface area contributed by atoms with Gasteiger partial charge in [0, 0.05) is 5.70 Å². The van der Waals surface area contributed by atoms with Crippen molar-refractivity contribution in [3.05, 3.63) is 11.8 Å². The maximum atomic E-state index is 5.23. The normalized spacial score (nSPS) is 46.9. The summed E-state index contributed by atoms with van der Waals surface area (Å²) in [6.07, 6.45) is 2.08. The van der Waals surface area contributed by atoms with Crippen LogP contribution < -0.4 is 5.32 Å². The van der Waals surface area contributed by atoms with E-state index >= 15 is 0 Å². The highest BCUT2D eigenvalue weighted by molar-refractivity contribution is 5.13. The number of nitrogens with zero attached hydrogens (tertiary/aromatic N) is 1. The second kappa shape index (κ2) is 1.30. The Morgan fingerprint density at radius 1 is 1.89 bits per heavy atom. The number of hydrogen-bond donors (Lipinski definition) is 1. The molecule has 1 fully saturated rings. The minimum atomic E-state index is -0.0741. The molecule has 2 aliphatic heterocycles. The Morgan fingerprint density at radius 3 is 3.22 bits per heavy atom. The van der Waals surface area contributed by atoms with Crippen molar-refractivity contribution in [1.82, 2.24) is 10.4 Å². The number of hydroxylamine groups is 2. The van der Waals surface area contributed by atoms with Gasteiger partial charge in [-0.05, 0) is 19.9 Å². The first kappa shape index (κ1) is 5.26. The smallest absolute Gasteiger partial charge is 0.184 e. The predicted octanol–water partition coefficient (Wildman–Crippen LogP) is 0.414. The molecule has 0 aromatic rings. The third kappa shape index (κ3) is 0.653. The third-order valence-corrected chi connectivity index (χ3v) is 1.74. The van der Waals surface area contributed by atoms with Crippen LogP contribution in [0.3, 0.4) is 0 Å². The Labute approximate surface area is 54.2 Å². The van der Waals surface area contributed by atoms with Crippen molar-refractivity contribution in [1.29, 1.82) is 0 Å². The van der Waals surface area contributed by atoms with Gasteiger partial charge in [-0.1, -0.05) is 0 Å². The lowest BCUT2D eigenvalue weighted by atomic mass is 10.2. The maximum absolute atomic E-state index is 5.23. The molecule has 0 saturated carbocycles. The van der Waals surface area contributed by atoms with Crippen LogP contribution in [-0.2, 0) is 4.84 Å². The maximum Gasteiger partial charge on any atom is 0.184 e. The van der Waals surface area contributed by atoms with E-state index in [1.807, 2.05) is 12.0 Å². The van der Waals surface area contributed by atoms with E-state index in [0.717, 1.165) is 6.67 Å². The van der Waals surface area contributed by atoms with E-state index in [4.69, 9.17) is 4.84 Å². The Hall–Kier alpha value is -0.540. The van der Waals surface area contributed by atoms with Crippen LogP contribution in [0.15, 0.2) is 11.8 Å². The van der Waals surface area contributed by atoms with Gasteiger partial charge in [-0.25, -0.2) is 0 Å². The highest BCUT2D eigenvalue weighted by Crippen LogP contribution is 2.37. The fourth-order valence-electron chi connectivity index (χ4n) is 1.14. The molecule has 0 amide bonds. The van der Waals surface area contributed by atoms with Gasteiger partial charge in [0.1, 0.15) is 0 Å². The SMILES string of the molecule is CC1=CC2(C)ON2CN1. The number of allylic oxidation sites excluding steroid dienone is 1. The van der Waals surface area contributed by atoms with E-state index in [1.165, 1.54) is 5.70 Å². The third-order valence-electron chi connectivity index (χ3n) is 1.74. The topological polar surface area (TPSA) is 27.6 Å². The summed E-state index contributed by atoms with van der Waals surface area (Å²) >= 11 is 0. The molecule has 0 spiro atoms. The van der Waals surface area contributed by atoms with Crippen molar-refractivity contribution >= 4 is 0 Å². The molecule has 50 valence electrons. The fourth-order valence-corrected chi connectivity index (χ4v) is 1.14. The van der Waals surface area contributed by atoms with Gasteiger partial charge in [0.25, 0.3) is 0 Å². The molecule has 2 aliphatic rings. The molecule has 0 aromatic carbocycles. The molecule has 0 bridgehead atoms. The highest BCUT2D eigenvalue weighted by atomic mass is 16.9. The van der Waals surface area contributed by atoms with E-state index in [9.17, 15) is 0 Å². The van der Waals surface area contributed by atoms with Crippen molar-refractivity contribution in [2.45, 2.75) is 19.6 Å². The molecule has 0 aliphatic carbocycles. The molecule has 2 unspecified atom stereocenters. The van der Waals surface area contributed by atoms with E-state index < -0.39 is 0 Å². The molecule has 2 heterocycles. The van der Waals surface area contributed by atoms with Crippen molar-refractivity contribution in [2.24, 2.45) is 0 Å². The fraction of sp³-hybridized carbons (Fsp3) is 0.667. The number of nitrogens with one attached hydrogen (secondary N) is 1. The highest BCUT2D eigenvalue weighted by Gasteiger charge is 2.50. The standard InChI is InChI=1S/C6H10N2O/c1-5-3-6(2)8(9-6)4-7-5/h3,7H,4H2,1-2H3. The number of rotatable bonds is 0. The summed E-state index contributed by atoms with van der Waals surface area (Å²) in [6, 6.07) is 0. The lowest BCUT2D eigenvalue weighted by Gasteiger charge is -2.12. The summed E-state index contributed by atoms with van der Waals surface area (Å²) in [5.74, 6) is 0. The molecule has 3 nitrogen and oxygen atoms in total. The van der Waals surface area contributed by atoms with Crippen LogP contribution in [0.4, 0.5) is 0 Å². The van der Waals surface area contributed by atoms with Crippen molar-refractivity contribution in [3.8, 4) is 0 Å². The van der Waals surface area contributed by atoms with Gasteiger partial charge in [-0.3, -0.25) is 4.84 Å². The Kier molecular flexibility index (Phi) is 0.761. The summed E-state index contributed by atoms with van der Waals surface area (Å²) < 4.78 is 0. The average Bonchev–Trinajstić information content (AvgIpc) is 2.38. The monoisotopic (exact) mass is 126 g/mol. The molecule has 2 atom stereocenters. The minimum Gasteiger partial charge on any atom is -0.374 e. The quantitative estimate of drug-likeness (QED) is 0.476. The lowest BCUT2D eigenvalue weighted by Crippen LogP contribution is -2.29. The summed E-state index contributed by atoms with van der Waals surface area (Å²) in [6.45, 7) is 4.92. The van der Waals surface area contributed by atoms with Gasteiger partial charge in [-0.2, -0.15) is 0 Å². The van der Waals surface area contributed by atoms with Gasteiger partial charge < -0.3 is 5.32 Å². The van der Waals surface area contributed by atoms with Gasteiger partial charge in [0.15, 0.2) is 5.72 Å². The molecule has 2 rings (SSSR count). The molecule has 1 N–H and O–H groups in total. The van der Waals surface area contributed by atoms with Gasteiger partial charge in [0.05, 0.1) is 6.67 Å². The van der Waals surface area contributed by atoms with Crippen LogP contribution in [0, 0.1) is 0 Å². The number of fused-ring (bicyclic) bond motifs is 1. The van der Waals surface area contributed by atoms with E-state index in [1.54, 1.807) is 0 Å². The molecular weight excluding hydrogens is 116 g/mol.